The van der Waals surface area contributed by atoms with E-state index < -0.39 is 0 Å². The van der Waals surface area contributed by atoms with Crippen molar-refractivity contribution in [2.24, 2.45) is 5.73 Å². The van der Waals surface area contributed by atoms with Gasteiger partial charge in [0.25, 0.3) is 0 Å². The van der Waals surface area contributed by atoms with Crippen LogP contribution >= 0.6 is 12.2 Å². The second-order valence-electron chi connectivity index (χ2n) is 4.00. The van der Waals surface area contributed by atoms with Crippen molar-refractivity contribution >= 4 is 17.2 Å². The lowest BCUT2D eigenvalue weighted by Gasteiger charge is -2.08. The Balaban J connectivity index is 2.27. The van der Waals surface area contributed by atoms with Crippen LogP contribution in [0.25, 0.3) is 0 Å². The van der Waals surface area contributed by atoms with Crippen LogP contribution in [0.4, 0.5) is 4.39 Å². The maximum atomic E-state index is 13.9. The average molecular weight is 263 g/mol. The van der Waals surface area contributed by atoms with Gasteiger partial charge in [-0.05, 0) is 6.07 Å². The van der Waals surface area contributed by atoms with Crippen LogP contribution in [-0.2, 0) is 13.0 Å². The van der Waals surface area contributed by atoms with Crippen LogP contribution in [0.5, 0.6) is 0 Å². The van der Waals surface area contributed by atoms with Crippen LogP contribution in [0, 0.1) is 5.82 Å². The summed E-state index contributed by atoms with van der Waals surface area (Å²) in [6.45, 7) is 2.48. The highest BCUT2D eigenvalue weighted by Gasteiger charge is 2.07. The Morgan fingerprint density at radius 3 is 2.89 bits per heavy atom. The molecule has 0 radical (unpaired) electrons. The molecule has 1 aromatic heterocycles. The zero-order chi connectivity index (χ0) is 13.1. The van der Waals surface area contributed by atoms with Crippen molar-refractivity contribution in [1.82, 2.24) is 9.55 Å². The van der Waals surface area contributed by atoms with E-state index in [4.69, 9.17) is 18.0 Å². The minimum absolute atomic E-state index is 0.206. The number of nitrogens with two attached hydrogens (primary N) is 1. The summed E-state index contributed by atoms with van der Waals surface area (Å²) in [4.78, 5) is 4.41. The highest BCUT2D eigenvalue weighted by Crippen LogP contribution is 2.13. The van der Waals surface area contributed by atoms with Gasteiger partial charge in [0.1, 0.15) is 16.6 Å². The lowest BCUT2D eigenvalue weighted by Crippen LogP contribution is -2.11. The lowest BCUT2D eigenvalue weighted by molar-refractivity contribution is 0.594. The SMILES string of the molecule is CCc1nccn1Cc1ccc(C(N)=S)cc1F. The number of halogens is 1. The van der Waals surface area contributed by atoms with Gasteiger partial charge >= 0.3 is 0 Å². The minimum Gasteiger partial charge on any atom is -0.389 e. The number of benzene rings is 1. The molecule has 0 saturated carbocycles. The van der Waals surface area contributed by atoms with Gasteiger partial charge in [-0.1, -0.05) is 31.3 Å². The molecule has 1 heterocycles. The Morgan fingerprint density at radius 2 is 2.28 bits per heavy atom. The van der Waals surface area contributed by atoms with E-state index in [0.717, 1.165) is 12.2 Å². The first-order valence-electron chi connectivity index (χ1n) is 5.70. The zero-order valence-corrected chi connectivity index (χ0v) is 10.9. The molecule has 0 amide bonds. The quantitative estimate of drug-likeness (QED) is 0.861. The molecular weight excluding hydrogens is 249 g/mol. The molecule has 1 aromatic carbocycles. The van der Waals surface area contributed by atoms with E-state index in [9.17, 15) is 4.39 Å². The topological polar surface area (TPSA) is 43.8 Å². The van der Waals surface area contributed by atoms with Crippen LogP contribution in [0.2, 0.25) is 0 Å². The molecule has 18 heavy (non-hydrogen) atoms. The molecule has 5 heteroatoms. The van der Waals surface area contributed by atoms with Crippen molar-refractivity contribution in [2.45, 2.75) is 19.9 Å². The van der Waals surface area contributed by atoms with E-state index in [0.29, 0.717) is 17.7 Å². The lowest BCUT2D eigenvalue weighted by atomic mass is 10.1. The highest BCUT2D eigenvalue weighted by molar-refractivity contribution is 7.80. The fourth-order valence-corrected chi connectivity index (χ4v) is 1.94. The Labute approximate surface area is 110 Å². The van der Waals surface area contributed by atoms with E-state index in [2.05, 4.69) is 4.98 Å². The van der Waals surface area contributed by atoms with Gasteiger partial charge < -0.3 is 10.3 Å². The maximum absolute atomic E-state index is 13.9. The van der Waals surface area contributed by atoms with Crippen LogP contribution in [-0.4, -0.2) is 14.5 Å². The molecule has 94 valence electrons. The molecular formula is C13H14FN3S. The van der Waals surface area contributed by atoms with E-state index in [1.807, 2.05) is 17.7 Å². The van der Waals surface area contributed by atoms with Gasteiger partial charge in [0.15, 0.2) is 0 Å². The number of rotatable bonds is 4. The fourth-order valence-electron chi connectivity index (χ4n) is 1.81. The highest BCUT2D eigenvalue weighted by atomic mass is 32.1. The van der Waals surface area contributed by atoms with Crippen molar-refractivity contribution in [3.63, 3.8) is 0 Å². The summed E-state index contributed by atoms with van der Waals surface area (Å²) in [6.07, 6.45) is 4.39. The summed E-state index contributed by atoms with van der Waals surface area (Å²) in [5, 5.41) is 0. The predicted molar refractivity (Wildman–Crippen MR) is 73.0 cm³/mol. The third-order valence-corrected chi connectivity index (χ3v) is 3.03. The number of thiocarbonyl (C=S) groups is 1. The van der Waals surface area contributed by atoms with Gasteiger partial charge in [0.05, 0.1) is 6.54 Å². The van der Waals surface area contributed by atoms with Crippen LogP contribution < -0.4 is 5.73 Å². The number of hydrogen-bond donors (Lipinski definition) is 1. The second-order valence-corrected chi connectivity index (χ2v) is 4.44. The standard InChI is InChI=1S/C13H14FN3S/c1-2-12-16-5-6-17(12)8-10-4-3-9(13(15)18)7-11(10)14/h3-7H,2,8H2,1H3,(H2,15,18). The first-order valence-corrected chi connectivity index (χ1v) is 6.11. The molecule has 2 rings (SSSR count). The molecule has 0 atom stereocenters. The van der Waals surface area contributed by atoms with Crippen molar-refractivity contribution in [3.05, 3.63) is 53.4 Å². The van der Waals surface area contributed by atoms with Gasteiger partial charge in [0, 0.05) is 29.9 Å². The summed E-state index contributed by atoms with van der Waals surface area (Å²) in [7, 11) is 0. The smallest absolute Gasteiger partial charge is 0.128 e. The normalized spacial score (nSPS) is 10.6. The molecule has 0 unspecified atom stereocenters. The van der Waals surface area contributed by atoms with E-state index in [1.54, 1.807) is 18.3 Å². The predicted octanol–water partition coefficient (Wildman–Crippen LogP) is 2.27. The summed E-state index contributed by atoms with van der Waals surface area (Å²) in [5.74, 6) is 0.642. The van der Waals surface area contributed by atoms with Crippen molar-refractivity contribution in [1.29, 1.82) is 0 Å². The number of aryl methyl sites for hydroxylation is 1. The number of imidazole rings is 1. The van der Waals surface area contributed by atoms with Crippen molar-refractivity contribution < 1.29 is 4.39 Å². The minimum atomic E-state index is -0.295. The van der Waals surface area contributed by atoms with Gasteiger partial charge in [0.2, 0.25) is 0 Å². The summed E-state index contributed by atoms with van der Waals surface area (Å²) in [6, 6.07) is 4.83. The summed E-state index contributed by atoms with van der Waals surface area (Å²) < 4.78 is 15.8. The molecule has 0 aliphatic rings. The Bertz CT molecular complexity index is 577. The molecule has 3 nitrogen and oxygen atoms in total. The van der Waals surface area contributed by atoms with Gasteiger partial charge in [-0.3, -0.25) is 0 Å². The van der Waals surface area contributed by atoms with Crippen molar-refractivity contribution in [3.8, 4) is 0 Å². The van der Waals surface area contributed by atoms with E-state index >= 15 is 0 Å². The Hall–Kier alpha value is -1.75. The second kappa shape index (κ2) is 5.27. The van der Waals surface area contributed by atoms with E-state index in [1.165, 1.54) is 6.07 Å². The molecule has 0 aliphatic carbocycles. The first-order chi connectivity index (χ1) is 8.61. The largest absolute Gasteiger partial charge is 0.389 e. The average Bonchev–Trinajstić information content (AvgIpc) is 2.78. The molecule has 0 bridgehead atoms. The van der Waals surface area contributed by atoms with Crippen LogP contribution in [0.15, 0.2) is 30.6 Å². The number of aromatic nitrogens is 2. The molecule has 2 aromatic rings. The Morgan fingerprint density at radius 1 is 1.50 bits per heavy atom. The third kappa shape index (κ3) is 2.56. The first kappa shape index (κ1) is 12.7. The monoisotopic (exact) mass is 263 g/mol. The third-order valence-electron chi connectivity index (χ3n) is 2.80. The van der Waals surface area contributed by atoms with Crippen LogP contribution in [0.1, 0.15) is 23.9 Å². The molecule has 2 N–H and O–H groups in total. The van der Waals surface area contributed by atoms with E-state index in [-0.39, 0.29) is 10.8 Å². The summed E-state index contributed by atoms with van der Waals surface area (Å²) >= 11 is 4.82. The molecule has 0 saturated heterocycles. The van der Waals surface area contributed by atoms with Gasteiger partial charge in [-0.25, -0.2) is 9.37 Å². The number of hydrogen-bond acceptors (Lipinski definition) is 2. The van der Waals surface area contributed by atoms with Gasteiger partial charge in [-0.2, -0.15) is 0 Å². The molecule has 0 fully saturated rings. The number of nitrogens with zero attached hydrogens (tertiary/aromatic N) is 2. The van der Waals surface area contributed by atoms with Gasteiger partial charge in [-0.15, -0.1) is 0 Å². The molecule has 0 aliphatic heterocycles. The van der Waals surface area contributed by atoms with Crippen LogP contribution in [0.3, 0.4) is 0 Å². The summed E-state index contributed by atoms with van der Waals surface area (Å²) in [5.41, 5.74) is 6.61. The zero-order valence-electron chi connectivity index (χ0n) is 10.1. The Kier molecular flexibility index (Phi) is 3.72. The fraction of sp³-hybridized carbons (Fsp3) is 0.231. The molecule has 0 spiro atoms. The van der Waals surface area contributed by atoms with Crippen molar-refractivity contribution in [2.75, 3.05) is 0 Å². The maximum Gasteiger partial charge on any atom is 0.128 e.